The zero-order chi connectivity index (χ0) is 11.1. The molecule has 0 saturated carbocycles. The fraction of sp³-hybridized carbons (Fsp3) is 0.700. The third-order valence-electron chi connectivity index (χ3n) is 1.82. The standard InChI is InChI=1S/C10H19NO3/c1-8(10(13)14-4)7-9(12)5-6-11(2)3/h7,9,12H,5-6H2,1-4H3. The topological polar surface area (TPSA) is 49.8 Å². The Morgan fingerprint density at radius 3 is 2.57 bits per heavy atom. The largest absolute Gasteiger partial charge is 0.466 e. The monoisotopic (exact) mass is 201 g/mol. The van der Waals surface area contributed by atoms with Gasteiger partial charge in [0.1, 0.15) is 0 Å². The van der Waals surface area contributed by atoms with Crippen LogP contribution in [0.1, 0.15) is 13.3 Å². The summed E-state index contributed by atoms with van der Waals surface area (Å²) in [6, 6.07) is 0. The zero-order valence-corrected chi connectivity index (χ0v) is 9.28. The van der Waals surface area contributed by atoms with Crippen LogP contribution >= 0.6 is 0 Å². The van der Waals surface area contributed by atoms with Gasteiger partial charge in [0.05, 0.1) is 13.2 Å². The summed E-state index contributed by atoms with van der Waals surface area (Å²) in [5, 5.41) is 9.50. The molecule has 0 spiro atoms. The number of ether oxygens (including phenoxy) is 1. The molecule has 0 bridgehead atoms. The van der Waals surface area contributed by atoms with Crippen LogP contribution in [0.4, 0.5) is 0 Å². The van der Waals surface area contributed by atoms with Gasteiger partial charge in [0.2, 0.25) is 0 Å². The predicted molar refractivity (Wildman–Crippen MR) is 55.0 cm³/mol. The highest BCUT2D eigenvalue weighted by molar-refractivity contribution is 5.87. The summed E-state index contributed by atoms with van der Waals surface area (Å²) in [4.78, 5) is 13.0. The first-order chi connectivity index (χ1) is 6.47. The highest BCUT2D eigenvalue weighted by atomic mass is 16.5. The molecule has 0 amide bonds. The lowest BCUT2D eigenvalue weighted by Gasteiger charge is -2.11. The first kappa shape index (κ1) is 13.1. The molecule has 0 aromatic heterocycles. The van der Waals surface area contributed by atoms with Crippen LogP contribution in [0.15, 0.2) is 11.6 Å². The quantitative estimate of drug-likeness (QED) is 0.517. The van der Waals surface area contributed by atoms with Gasteiger partial charge in [-0.05, 0) is 33.5 Å². The molecule has 0 radical (unpaired) electrons. The Balaban J connectivity index is 4.01. The van der Waals surface area contributed by atoms with Crippen molar-refractivity contribution >= 4 is 5.97 Å². The van der Waals surface area contributed by atoms with Crippen LogP contribution in [0.2, 0.25) is 0 Å². The maximum atomic E-state index is 11.0. The van der Waals surface area contributed by atoms with Crippen molar-refractivity contribution in [2.24, 2.45) is 0 Å². The summed E-state index contributed by atoms with van der Waals surface area (Å²) in [5.41, 5.74) is 0.443. The van der Waals surface area contributed by atoms with E-state index in [1.165, 1.54) is 13.2 Å². The molecule has 1 unspecified atom stereocenters. The second-order valence-corrected chi connectivity index (χ2v) is 3.50. The molecule has 0 aromatic carbocycles. The Hall–Kier alpha value is -0.870. The number of methoxy groups -OCH3 is 1. The van der Waals surface area contributed by atoms with Gasteiger partial charge in [-0.1, -0.05) is 0 Å². The molecule has 1 atom stereocenters. The Bertz CT molecular complexity index is 211. The van der Waals surface area contributed by atoms with Crippen molar-refractivity contribution < 1.29 is 14.6 Å². The average Bonchev–Trinajstić information content (AvgIpc) is 2.13. The highest BCUT2D eigenvalue weighted by Crippen LogP contribution is 2.02. The van der Waals surface area contributed by atoms with E-state index < -0.39 is 12.1 Å². The Morgan fingerprint density at radius 1 is 1.57 bits per heavy atom. The molecule has 4 heteroatoms. The van der Waals surface area contributed by atoms with E-state index in [9.17, 15) is 9.90 Å². The van der Waals surface area contributed by atoms with Crippen molar-refractivity contribution in [3.05, 3.63) is 11.6 Å². The van der Waals surface area contributed by atoms with Gasteiger partial charge < -0.3 is 14.7 Å². The van der Waals surface area contributed by atoms with Crippen LogP contribution < -0.4 is 0 Å². The molecule has 1 N–H and O–H groups in total. The third-order valence-corrected chi connectivity index (χ3v) is 1.82. The minimum atomic E-state index is -0.587. The van der Waals surface area contributed by atoms with E-state index in [-0.39, 0.29) is 0 Å². The normalized spacial score (nSPS) is 14.3. The lowest BCUT2D eigenvalue weighted by molar-refractivity contribution is -0.136. The number of carbonyl (C=O) groups excluding carboxylic acids is 1. The Labute approximate surface area is 85.2 Å². The summed E-state index contributed by atoms with van der Waals surface area (Å²) in [6.45, 7) is 2.41. The van der Waals surface area contributed by atoms with Crippen LogP contribution in [0.25, 0.3) is 0 Å². The van der Waals surface area contributed by atoms with Crippen molar-refractivity contribution in [1.29, 1.82) is 0 Å². The van der Waals surface area contributed by atoms with Crippen molar-refractivity contribution in [3.63, 3.8) is 0 Å². The summed E-state index contributed by atoms with van der Waals surface area (Å²) < 4.78 is 4.51. The second-order valence-electron chi connectivity index (χ2n) is 3.50. The smallest absolute Gasteiger partial charge is 0.333 e. The maximum absolute atomic E-state index is 11.0. The van der Waals surface area contributed by atoms with E-state index in [2.05, 4.69) is 4.74 Å². The number of nitrogens with zero attached hydrogens (tertiary/aromatic N) is 1. The third kappa shape index (κ3) is 5.72. The fourth-order valence-corrected chi connectivity index (χ4v) is 0.991. The van der Waals surface area contributed by atoms with E-state index in [1.54, 1.807) is 6.92 Å². The number of esters is 1. The zero-order valence-electron chi connectivity index (χ0n) is 9.28. The minimum Gasteiger partial charge on any atom is -0.466 e. The van der Waals surface area contributed by atoms with Gasteiger partial charge in [-0.3, -0.25) is 0 Å². The predicted octanol–water partition coefficient (Wildman–Crippen LogP) is 0.418. The molecule has 0 heterocycles. The van der Waals surface area contributed by atoms with Gasteiger partial charge >= 0.3 is 5.97 Å². The Morgan fingerprint density at radius 2 is 2.14 bits per heavy atom. The molecular weight excluding hydrogens is 182 g/mol. The van der Waals surface area contributed by atoms with Gasteiger partial charge in [0.15, 0.2) is 0 Å². The number of rotatable bonds is 5. The summed E-state index contributed by atoms with van der Waals surface area (Å²) in [6.07, 6.45) is 1.55. The molecule has 0 fully saturated rings. The van der Waals surface area contributed by atoms with Crippen molar-refractivity contribution in [2.75, 3.05) is 27.7 Å². The molecule has 0 aromatic rings. The average molecular weight is 201 g/mol. The second kappa shape index (κ2) is 6.56. The molecular formula is C10H19NO3. The molecule has 4 nitrogen and oxygen atoms in total. The molecule has 0 aliphatic rings. The molecule has 0 rings (SSSR count). The van der Waals surface area contributed by atoms with E-state index in [1.807, 2.05) is 19.0 Å². The number of aliphatic hydroxyl groups excluding tert-OH is 1. The van der Waals surface area contributed by atoms with Gasteiger partial charge in [0.25, 0.3) is 0 Å². The van der Waals surface area contributed by atoms with Crippen LogP contribution in [-0.2, 0) is 9.53 Å². The minimum absolute atomic E-state index is 0.395. The van der Waals surface area contributed by atoms with Crippen molar-refractivity contribution in [2.45, 2.75) is 19.4 Å². The van der Waals surface area contributed by atoms with Crippen LogP contribution in [0.5, 0.6) is 0 Å². The lowest BCUT2D eigenvalue weighted by atomic mass is 10.1. The van der Waals surface area contributed by atoms with Gasteiger partial charge in [-0.2, -0.15) is 0 Å². The molecule has 0 saturated heterocycles. The first-order valence-corrected chi connectivity index (χ1v) is 4.57. The summed E-state index contributed by atoms with van der Waals surface area (Å²) in [7, 11) is 5.19. The SMILES string of the molecule is COC(=O)C(C)=CC(O)CCN(C)C. The number of carbonyl (C=O) groups is 1. The maximum Gasteiger partial charge on any atom is 0.333 e. The van der Waals surface area contributed by atoms with E-state index in [0.717, 1.165) is 6.54 Å². The van der Waals surface area contributed by atoms with E-state index >= 15 is 0 Å². The highest BCUT2D eigenvalue weighted by Gasteiger charge is 2.07. The van der Waals surface area contributed by atoms with E-state index in [0.29, 0.717) is 12.0 Å². The first-order valence-electron chi connectivity index (χ1n) is 4.57. The van der Waals surface area contributed by atoms with Crippen LogP contribution in [-0.4, -0.2) is 49.8 Å². The van der Waals surface area contributed by atoms with E-state index in [4.69, 9.17) is 0 Å². The molecule has 14 heavy (non-hydrogen) atoms. The molecule has 0 aliphatic carbocycles. The molecule has 0 aliphatic heterocycles. The van der Waals surface area contributed by atoms with Crippen molar-refractivity contribution in [1.82, 2.24) is 4.90 Å². The number of aliphatic hydroxyl groups is 1. The van der Waals surface area contributed by atoms with Crippen molar-refractivity contribution in [3.8, 4) is 0 Å². The van der Waals surface area contributed by atoms with Crippen LogP contribution in [0.3, 0.4) is 0 Å². The number of hydrogen-bond donors (Lipinski definition) is 1. The van der Waals surface area contributed by atoms with Gasteiger partial charge in [-0.15, -0.1) is 0 Å². The molecule has 82 valence electrons. The fourth-order valence-electron chi connectivity index (χ4n) is 0.991. The summed E-state index contributed by atoms with van der Waals surface area (Å²) >= 11 is 0. The van der Waals surface area contributed by atoms with Crippen LogP contribution in [0, 0.1) is 0 Å². The van der Waals surface area contributed by atoms with Gasteiger partial charge in [0, 0.05) is 12.1 Å². The lowest BCUT2D eigenvalue weighted by Crippen LogP contribution is -2.18. The summed E-state index contributed by atoms with van der Waals surface area (Å²) in [5.74, 6) is -0.395. The number of hydrogen-bond acceptors (Lipinski definition) is 4. The Kier molecular flexibility index (Phi) is 6.16. The van der Waals surface area contributed by atoms with Gasteiger partial charge in [-0.25, -0.2) is 4.79 Å².